The van der Waals surface area contributed by atoms with Gasteiger partial charge in [-0.25, -0.2) is 0 Å². The van der Waals surface area contributed by atoms with Gasteiger partial charge in [-0.15, -0.1) is 0 Å². The first kappa shape index (κ1) is 17.4. The lowest BCUT2D eigenvalue weighted by molar-refractivity contribution is -0.136. The van der Waals surface area contributed by atoms with Crippen molar-refractivity contribution < 1.29 is 9.90 Å². The van der Waals surface area contributed by atoms with Gasteiger partial charge in [-0.2, -0.15) is 0 Å². The molecule has 0 heterocycles. The van der Waals surface area contributed by atoms with Crippen molar-refractivity contribution in [2.75, 3.05) is 0 Å². The average molecular weight is 270 g/mol. The van der Waals surface area contributed by atoms with Crippen LogP contribution in [0.2, 0.25) is 22.7 Å². The Labute approximate surface area is 113 Å². The number of rotatable bonds is 8. The summed E-state index contributed by atoms with van der Waals surface area (Å²) in [5, 5.41) is 8.61. The molecular formula is C15H30O2Si. The second kappa shape index (κ2) is 7.77. The molecule has 0 fully saturated rings. The maximum Gasteiger partial charge on any atom is 0.303 e. The van der Waals surface area contributed by atoms with E-state index < -0.39 is 14.0 Å². The lowest BCUT2D eigenvalue weighted by atomic mass is 10.3. The molecule has 0 saturated heterocycles. The fourth-order valence-electron chi connectivity index (χ4n) is 3.32. The van der Waals surface area contributed by atoms with Gasteiger partial charge in [0.2, 0.25) is 0 Å². The Hall–Kier alpha value is -0.573. The third-order valence-corrected chi connectivity index (χ3v) is 11.8. The van der Waals surface area contributed by atoms with Crippen LogP contribution in [0.5, 0.6) is 0 Å². The van der Waals surface area contributed by atoms with Gasteiger partial charge in [0.15, 0.2) is 0 Å². The van der Waals surface area contributed by atoms with E-state index in [-0.39, 0.29) is 6.42 Å². The molecule has 106 valence electrons. The van der Waals surface area contributed by atoms with E-state index in [2.05, 4.69) is 53.7 Å². The monoisotopic (exact) mass is 270 g/mol. The van der Waals surface area contributed by atoms with Gasteiger partial charge in [0.1, 0.15) is 0 Å². The van der Waals surface area contributed by atoms with Crippen molar-refractivity contribution in [2.45, 2.75) is 77.1 Å². The zero-order chi connectivity index (χ0) is 14.3. The number of carboxylic acid groups (broad SMARTS) is 1. The standard InChI is InChI=1S/C15H30O2Si/c1-12(2)18(13(3)4,14(5)6)11-9-7-8-10-15(16)17/h7,9,12-14H,8,10-11H2,1-6H3,(H,16,17)/b9-7+. The Morgan fingerprint density at radius 1 is 1.00 bits per heavy atom. The summed E-state index contributed by atoms with van der Waals surface area (Å²) in [6.07, 6.45) is 5.21. The molecule has 0 aliphatic rings. The van der Waals surface area contributed by atoms with Crippen molar-refractivity contribution in [2.24, 2.45) is 0 Å². The second-order valence-corrected chi connectivity index (χ2v) is 12.3. The minimum atomic E-state index is -1.34. The van der Waals surface area contributed by atoms with Crippen LogP contribution in [0.3, 0.4) is 0 Å². The zero-order valence-electron chi connectivity index (χ0n) is 12.9. The SMILES string of the molecule is CC(C)[Si](C/C=C/CCC(=O)O)(C(C)C)C(C)C. The van der Waals surface area contributed by atoms with Gasteiger partial charge >= 0.3 is 5.97 Å². The number of carbonyl (C=O) groups is 1. The van der Waals surface area contributed by atoms with E-state index in [1.807, 2.05) is 0 Å². The predicted molar refractivity (Wildman–Crippen MR) is 81.9 cm³/mol. The Morgan fingerprint density at radius 3 is 1.78 bits per heavy atom. The van der Waals surface area contributed by atoms with E-state index >= 15 is 0 Å². The summed E-state index contributed by atoms with van der Waals surface area (Å²) in [5.41, 5.74) is 2.30. The molecule has 0 aliphatic heterocycles. The van der Waals surface area contributed by atoms with Crippen molar-refractivity contribution in [3.05, 3.63) is 12.2 Å². The van der Waals surface area contributed by atoms with Crippen LogP contribution in [0.1, 0.15) is 54.4 Å². The van der Waals surface area contributed by atoms with E-state index in [1.165, 1.54) is 6.04 Å². The van der Waals surface area contributed by atoms with Gasteiger partial charge < -0.3 is 5.11 Å². The average Bonchev–Trinajstić information content (AvgIpc) is 2.20. The van der Waals surface area contributed by atoms with Crippen LogP contribution in [0.15, 0.2) is 12.2 Å². The first-order valence-corrected chi connectivity index (χ1v) is 9.55. The molecule has 0 spiro atoms. The van der Waals surface area contributed by atoms with Gasteiger partial charge in [-0.1, -0.05) is 70.3 Å². The topological polar surface area (TPSA) is 37.3 Å². The normalized spacial score (nSPS) is 13.2. The molecule has 0 bridgehead atoms. The molecular weight excluding hydrogens is 240 g/mol. The number of allylic oxidation sites excluding steroid dienone is 2. The Bertz CT molecular complexity index is 258. The smallest absolute Gasteiger partial charge is 0.303 e. The van der Waals surface area contributed by atoms with E-state index in [9.17, 15) is 4.79 Å². The minimum Gasteiger partial charge on any atom is -0.481 e. The summed E-state index contributed by atoms with van der Waals surface area (Å²) < 4.78 is 0. The van der Waals surface area contributed by atoms with Gasteiger partial charge in [0.25, 0.3) is 0 Å². The highest BCUT2D eigenvalue weighted by Crippen LogP contribution is 2.44. The third kappa shape index (κ3) is 4.60. The van der Waals surface area contributed by atoms with Crippen LogP contribution in [-0.2, 0) is 4.79 Å². The fourth-order valence-corrected chi connectivity index (χ4v) is 9.31. The van der Waals surface area contributed by atoms with E-state index in [1.54, 1.807) is 0 Å². The van der Waals surface area contributed by atoms with Crippen molar-refractivity contribution >= 4 is 14.0 Å². The first-order chi connectivity index (χ1) is 8.25. The molecule has 0 atom stereocenters. The largest absolute Gasteiger partial charge is 0.481 e. The van der Waals surface area contributed by atoms with Crippen molar-refractivity contribution in [3.63, 3.8) is 0 Å². The van der Waals surface area contributed by atoms with E-state index in [0.717, 1.165) is 16.6 Å². The number of aliphatic carboxylic acids is 1. The summed E-state index contributed by atoms with van der Waals surface area (Å²) in [6.45, 7) is 14.2. The summed E-state index contributed by atoms with van der Waals surface area (Å²) >= 11 is 0. The zero-order valence-corrected chi connectivity index (χ0v) is 13.9. The van der Waals surface area contributed by atoms with Crippen LogP contribution in [0, 0.1) is 0 Å². The number of hydrogen-bond donors (Lipinski definition) is 1. The second-order valence-electron chi connectivity index (χ2n) is 6.18. The van der Waals surface area contributed by atoms with Crippen molar-refractivity contribution in [1.29, 1.82) is 0 Å². The van der Waals surface area contributed by atoms with Crippen molar-refractivity contribution in [3.8, 4) is 0 Å². The van der Waals surface area contributed by atoms with Crippen LogP contribution in [-0.4, -0.2) is 19.1 Å². The van der Waals surface area contributed by atoms with E-state index in [0.29, 0.717) is 6.42 Å². The minimum absolute atomic E-state index is 0.246. The van der Waals surface area contributed by atoms with Crippen LogP contribution in [0.25, 0.3) is 0 Å². The van der Waals surface area contributed by atoms with Gasteiger partial charge in [-0.05, 0) is 12.5 Å². The molecule has 0 unspecified atom stereocenters. The first-order valence-electron chi connectivity index (χ1n) is 7.11. The Balaban J connectivity index is 4.65. The van der Waals surface area contributed by atoms with Crippen LogP contribution < -0.4 is 0 Å². The summed E-state index contributed by atoms with van der Waals surface area (Å²) in [7, 11) is -1.34. The quantitative estimate of drug-likeness (QED) is 0.493. The highest BCUT2D eigenvalue weighted by Gasteiger charge is 2.41. The molecule has 0 aromatic heterocycles. The summed E-state index contributed by atoms with van der Waals surface area (Å²) in [4.78, 5) is 10.5. The molecule has 0 amide bonds. The maximum absolute atomic E-state index is 10.5. The number of carboxylic acids is 1. The lowest BCUT2D eigenvalue weighted by Crippen LogP contribution is -2.43. The van der Waals surface area contributed by atoms with Gasteiger partial charge in [-0.3, -0.25) is 4.79 Å². The molecule has 18 heavy (non-hydrogen) atoms. The highest BCUT2D eigenvalue weighted by atomic mass is 28.3. The molecule has 0 rings (SSSR count). The number of hydrogen-bond acceptors (Lipinski definition) is 1. The highest BCUT2D eigenvalue weighted by molar-refractivity contribution is 6.83. The van der Waals surface area contributed by atoms with Crippen molar-refractivity contribution in [1.82, 2.24) is 0 Å². The Kier molecular flexibility index (Phi) is 7.53. The van der Waals surface area contributed by atoms with E-state index in [4.69, 9.17) is 5.11 Å². The molecule has 2 nitrogen and oxygen atoms in total. The summed E-state index contributed by atoms with van der Waals surface area (Å²) in [5.74, 6) is -0.709. The maximum atomic E-state index is 10.5. The molecule has 0 saturated carbocycles. The molecule has 0 aliphatic carbocycles. The molecule has 0 radical (unpaired) electrons. The predicted octanol–water partition coefficient (Wildman–Crippen LogP) is 5.09. The Morgan fingerprint density at radius 2 is 1.44 bits per heavy atom. The molecule has 3 heteroatoms. The van der Waals surface area contributed by atoms with Crippen LogP contribution >= 0.6 is 0 Å². The third-order valence-electron chi connectivity index (χ3n) is 4.39. The molecule has 0 aromatic rings. The van der Waals surface area contributed by atoms with Gasteiger partial charge in [0, 0.05) is 6.42 Å². The fraction of sp³-hybridized carbons (Fsp3) is 0.800. The molecule has 1 N–H and O–H groups in total. The molecule has 0 aromatic carbocycles. The lowest BCUT2D eigenvalue weighted by Gasteiger charge is -2.42. The summed E-state index contributed by atoms with van der Waals surface area (Å²) in [6, 6.07) is 1.18. The van der Waals surface area contributed by atoms with Crippen LogP contribution in [0.4, 0.5) is 0 Å². The van der Waals surface area contributed by atoms with Gasteiger partial charge in [0.05, 0.1) is 8.07 Å².